The van der Waals surface area contributed by atoms with Crippen LogP contribution in [0.2, 0.25) is 0 Å². The second-order valence-corrected chi connectivity index (χ2v) is 5.47. The van der Waals surface area contributed by atoms with E-state index in [0.717, 1.165) is 11.3 Å². The number of aryl methyl sites for hydroxylation is 1. The van der Waals surface area contributed by atoms with Crippen molar-refractivity contribution in [2.75, 3.05) is 0 Å². The first kappa shape index (κ1) is 13.9. The number of hydrogen-bond acceptors (Lipinski definition) is 2. The third-order valence-corrected chi connectivity index (χ3v) is 4.12. The van der Waals surface area contributed by atoms with Crippen LogP contribution in [0.25, 0.3) is 0 Å². The molecule has 0 amide bonds. The molecule has 2 unspecified atom stereocenters. The topological polar surface area (TPSA) is 42.1 Å². The molecule has 2 rings (SSSR count). The molecule has 0 saturated carbocycles. The van der Waals surface area contributed by atoms with Crippen molar-refractivity contribution in [1.29, 1.82) is 0 Å². The molecule has 0 bridgehead atoms. The van der Waals surface area contributed by atoms with Crippen LogP contribution in [-0.2, 0) is 16.0 Å². The largest absolute Gasteiger partial charge is 0.463 e. The summed E-state index contributed by atoms with van der Waals surface area (Å²) in [5, 5.41) is 0. The van der Waals surface area contributed by atoms with E-state index in [1.807, 2.05) is 18.3 Å². The fourth-order valence-electron chi connectivity index (χ4n) is 1.96. The summed E-state index contributed by atoms with van der Waals surface area (Å²) in [5.41, 5.74) is 3.36. The Morgan fingerprint density at radius 1 is 1.32 bits per heavy atom. The molecule has 100 valence electrons. The molecule has 0 radical (unpaired) electrons. The number of carbonyl (C=O) groups is 1. The van der Waals surface area contributed by atoms with E-state index < -0.39 is 0 Å². The van der Waals surface area contributed by atoms with Gasteiger partial charge in [0.15, 0.2) is 0 Å². The number of benzene rings is 1. The number of nitrogens with one attached hydrogen (secondary N) is 1. The van der Waals surface area contributed by atoms with Gasteiger partial charge in [0.1, 0.15) is 6.10 Å². The van der Waals surface area contributed by atoms with Crippen LogP contribution in [0.1, 0.15) is 21.6 Å². The van der Waals surface area contributed by atoms with Gasteiger partial charge in [-0.1, -0.05) is 45.8 Å². The lowest BCUT2D eigenvalue weighted by Gasteiger charge is -2.20. The average Bonchev–Trinajstić information content (AvgIpc) is 2.94. The normalized spacial score (nSPS) is 13.8. The van der Waals surface area contributed by atoms with Crippen molar-refractivity contribution < 1.29 is 9.53 Å². The van der Waals surface area contributed by atoms with Crippen LogP contribution in [0, 0.1) is 6.92 Å². The van der Waals surface area contributed by atoms with E-state index in [0.29, 0.717) is 12.9 Å². The Kier molecular flexibility index (Phi) is 4.80. The second kappa shape index (κ2) is 6.57. The van der Waals surface area contributed by atoms with Crippen LogP contribution < -0.4 is 0 Å². The first-order valence-corrected chi connectivity index (χ1v) is 7.04. The monoisotopic (exact) mass is 321 g/mol. The highest BCUT2D eigenvalue weighted by molar-refractivity contribution is 9.09. The molecule has 19 heavy (non-hydrogen) atoms. The minimum absolute atomic E-state index is 0.0472. The van der Waals surface area contributed by atoms with Gasteiger partial charge in [-0.3, -0.25) is 4.79 Å². The smallest absolute Gasteiger partial charge is 0.293 e. The Morgan fingerprint density at radius 2 is 2.05 bits per heavy atom. The number of halogens is 1. The van der Waals surface area contributed by atoms with E-state index in [1.165, 1.54) is 5.56 Å². The lowest BCUT2D eigenvalue weighted by Crippen LogP contribution is -2.21. The first-order valence-electron chi connectivity index (χ1n) is 6.12. The summed E-state index contributed by atoms with van der Waals surface area (Å²) in [6.07, 6.45) is 2.29. The minimum Gasteiger partial charge on any atom is -0.463 e. The predicted octanol–water partition coefficient (Wildman–Crippen LogP) is 3.54. The van der Waals surface area contributed by atoms with Gasteiger partial charge in [0.2, 0.25) is 0 Å². The zero-order chi connectivity index (χ0) is 13.7. The molecule has 0 saturated heterocycles. The van der Waals surface area contributed by atoms with Crippen molar-refractivity contribution in [1.82, 2.24) is 4.98 Å². The molecule has 0 aliphatic carbocycles. The van der Waals surface area contributed by atoms with Crippen LogP contribution in [0.5, 0.6) is 0 Å². The van der Waals surface area contributed by atoms with E-state index in [1.54, 1.807) is 0 Å². The second-order valence-electron chi connectivity index (χ2n) is 4.49. The summed E-state index contributed by atoms with van der Waals surface area (Å²) in [6, 6.07) is 12.1. The van der Waals surface area contributed by atoms with Gasteiger partial charge in [-0.15, -0.1) is 0 Å². The lowest BCUT2D eigenvalue weighted by atomic mass is 10.0. The Balaban J connectivity index is 2.11. The molecular weight excluding hydrogens is 306 g/mol. The summed E-state index contributed by atoms with van der Waals surface area (Å²) < 4.78 is 5.21. The molecule has 0 fully saturated rings. The number of aromatic amines is 1. The number of aromatic nitrogens is 1. The molecule has 0 aliphatic rings. The zero-order valence-electron chi connectivity index (χ0n) is 10.7. The van der Waals surface area contributed by atoms with Crippen LogP contribution in [0.3, 0.4) is 0 Å². The van der Waals surface area contributed by atoms with Gasteiger partial charge in [0.05, 0.1) is 4.83 Å². The van der Waals surface area contributed by atoms with Crippen molar-refractivity contribution in [3.63, 3.8) is 0 Å². The third-order valence-electron chi connectivity index (χ3n) is 3.03. The van der Waals surface area contributed by atoms with Gasteiger partial charge >= 0.3 is 0 Å². The van der Waals surface area contributed by atoms with Crippen LogP contribution in [0.15, 0.2) is 42.6 Å². The first-order chi connectivity index (χ1) is 9.20. The molecule has 2 aromatic rings. The van der Waals surface area contributed by atoms with Crippen molar-refractivity contribution in [2.45, 2.75) is 24.3 Å². The van der Waals surface area contributed by atoms with E-state index in [4.69, 9.17) is 4.74 Å². The SMILES string of the molecule is Cc1ccc(CC(OC=O)C(Br)c2ccc[nH]2)cc1. The van der Waals surface area contributed by atoms with Gasteiger partial charge in [-0.2, -0.15) is 0 Å². The molecule has 0 aliphatic heterocycles. The fourth-order valence-corrected chi connectivity index (χ4v) is 2.56. The quantitative estimate of drug-likeness (QED) is 0.653. The van der Waals surface area contributed by atoms with Crippen molar-refractivity contribution >= 4 is 22.4 Å². The summed E-state index contributed by atoms with van der Waals surface area (Å²) in [7, 11) is 0. The Labute approximate surface area is 121 Å². The maximum Gasteiger partial charge on any atom is 0.293 e. The van der Waals surface area contributed by atoms with Gasteiger partial charge in [-0.25, -0.2) is 0 Å². The Hall–Kier alpha value is -1.55. The summed E-state index contributed by atoms with van der Waals surface area (Å²) in [6.45, 7) is 2.56. The molecule has 4 heteroatoms. The van der Waals surface area contributed by atoms with E-state index >= 15 is 0 Å². The standard InChI is InChI=1S/C15H16BrNO2/c1-11-4-6-12(7-5-11)9-14(19-10-18)15(16)13-3-2-8-17-13/h2-8,10,14-15,17H,9H2,1H3. The molecular formula is C15H16BrNO2. The van der Waals surface area contributed by atoms with Crippen LogP contribution >= 0.6 is 15.9 Å². The number of hydrogen-bond donors (Lipinski definition) is 1. The highest BCUT2D eigenvalue weighted by Crippen LogP contribution is 2.29. The summed E-state index contributed by atoms with van der Waals surface area (Å²) in [5.74, 6) is 0. The van der Waals surface area contributed by atoms with Crippen molar-refractivity contribution in [2.24, 2.45) is 0 Å². The predicted molar refractivity (Wildman–Crippen MR) is 78.3 cm³/mol. The van der Waals surface area contributed by atoms with Crippen molar-refractivity contribution in [3.8, 4) is 0 Å². The molecule has 0 spiro atoms. The van der Waals surface area contributed by atoms with Crippen LogP contribution in [-0.4, -0.2) is 17.6 Å². The zero-order valence-corrected chi connectivity index (χ0v) is 12.3. The van der Waals surface area contributed by atoms with Gasteiger partial charge in [0.25, 0.3) is 6.47 Å². The molecule has 2 atom stereocenters. The minimum atomic E-state index is -0.237. The number of ether oxygens (including phenoxy) is 1. The Bertz CT molecular complexity index is 507. The van der Waals surface area contributed by atoms with E-state index in [9.17, 15) is 4.79 Å². The third kappa shape index (κ3) is 3.70. The molecule has 3 nitrogen and oxygen atoms in total. The molecule has 1 N–H and O–H groups in total. The lowest BCUT2D eigenvalue weighted by molar-refractivity contribution is -0.133. The maximum atomic E-state index is 10.7. The van der Waals surface area contributed by atoms with E-state index in [2.05, 4.69) is 52.1 Å². The fraction of sp³-hybridized carbons (Fsp3) is 0.267. The van der Waals surface area contributed by atoms with Crippen LogP contribution in [0.4, 0.5) is 0 Å². The van der Waals surface area contributed by atoms with Gasteiger partial charge in [0, 0.05) is 18.3 Å². The maximum absolute atomic E-state index is 10.7. The number of carbonyl (C=O) groups excluding carboxylic acids is 1. The van der Waals surface area contributed by atoms with Crippen molar-refractivity contribution in [3.05, 3.63) is 59.4 Å². The van der Waals surface area contributed by atoms with E-state index in [-0.39, 0.29) is 10.9 Å². The average molecular weight is 322 g/mol. The van der Waals surface area contributed by atoms with Gasteiger partial charge in [-0.05, 0) is 24.6 Å². The molecule has 1 aromatic carbocycles. The summed E-state index contributed by atoms with van der Waals surface area (Å²) in [4.78, 5) is 13.8. The summed E-state index contributed by atoms with van der Waals surface area (Å²) >= 11 is 3.59. The number of H-pyrrole nitrogens is 1. The molecule has 1 aromatic heterocycles. The molecule has 1 heterocycles. The van der Waals surface area contributed by atoms with Gasteiger partial charge < -0.3 is 9.72 Å². The number of rotatable bonds is 6. The number of alkyl halides is 1. The Morgan fingerprint density at radius 3 is 2.63 bits per heavy atom. The highest BCUT2D eigenvalue weighted by atomic mass is 79.9. The highest BCUT2D eigenvalue weighted by Gasteiger charge is 2.23.